The second kappa shape index (κ2) is 54.5. The van der Waals surface area contributed by atoms with E-state index in [4.69, 9.17) is 14.2 Å². The number of esters is 3. The molecule has 1 atom stereocenters. The molecule has 6 heteroatoms. The van der Waals surface area contributed by atoms with E-state index in [1.165, 1.54) is 135 Å². The molecule has 0 spiro atoms. The number of unbranched alkanes of at least 4 members (excludes halogenated alkanes) is 27. The highest BCUT2D eigenvalue weighted by Gasteiger charge is 2.19. The van der Waals surface area contributed by atoms with Gasteiger partial charge in [0, 0.05) is 19.3 Å². The Kier molecular flexibility index (Phi) is 51.9. The molecule has 6 nitrogen and oxygen atoms in total. The van der Waals surface area contributed by atoms with Crippen LogP contribution >= 0.6 is 0 Å². The zero-order valence-electron chi connectivity index (χ0n) is 43.4. The Labute approximate surface area is 408 Å². The van der Waals surface area contributed by atoms with Gasteiger partial charge in [-0.05, 0) is 109 Å². The van der Waals surface area contributed by atoms with Crippen LogP contribution in [-0.4, -0.2) is 37.2 Å². The molecule has 0 fully saturated rings. The third-order valence-electron chi connectivity index (χ3n) is 11.9. The van der Waals surface area contributed by atoms with Gasteiger partial charge in [0.25, 0.3) is 0 Å². The van der Waals surface area contributed by atoms with E-state index in [0.29, 0.717) is 19.3 Å². The van der Waals surface area contributed by atoms with Crippen molar-refractivity contribution < 1.29 is 28.6 Å². The molecular formula is C60H104O6. The number of rotatable bonds is 50. The average Bonchev–Trinajstić information content (AvgIpc) is 3.31. The van der Waals surface area contributed by atoms with Gasteiger partial charge in [0.15, 0.2) is 6.10 Å². The van der Waals surface area contributed by atoms with E-state index in [-0.39, 0.29) is 31.1 Å². The Morgan fingerprint density at radius 3 is 0.939 bits per heavy atom. The van der Waals surface area contributed by atoms with Gasteiger partial charge in [-0.1, -0.05) is 216 Å². The second-order valence-corrected chi connectivity index (χ2v) is 18.5. The third-order valence-corrected chi connectivity index (χ3v) is 11.9. The van der Waals surface area contributed by atoms with Crippen LogP contribution in [0.25, 0.3) is 0 Å². The van der Waals surface area contributed by atoms with Crippen molar-refractivity contribution in [3.63, 3.8) is 0 Å². The zero-order chi connectivity index (χ0) is 47.9. The number of allylic oxidation sites excluding steroid dienone is 12. The minimum absolute atomic E-state index is 0.0839. The highest BCUT2D eigenvalue weighted by atomic mass is 16.6. The van der Waals surface area contributed by atoms with Gasteiger partial charge in [0.1, 0.15) is 13.2 Å². The van der Waals surface area contributed by atoms with Crippen molar-refractivity contribution in [3.05, 3.63) is 72.9 Å². The molecule has 0 aromatic carbocycles. The summed E-state index contributed by atoms with van der Waals surface area (Å²) in [5.74, 6) is -0.901. The minimum atomic E-state index is -0.785. The van der Waals surface area contributed by atoms with Gasteiger partial charge >= 0.3 is 17.9 Å². The van der Waals surface area contributed by atoms with Crippen molar-refractivity contribution in [1.82, 2.24) is 0 Å². The van der Waals surface area contributed by atoms with Crippen molar-refractivity contribution in [2.75, 3.05) is 13.2 Å². The first-order valence-electron chi connectivity index (χ1n) is 27.9. The molecule has 0 saturated carbocycles. The van der Waals surface area contributed by atoms with Gasteiger partial charge in [-0.25, -0.2) is 0 Å². The predicted molar refractivity (Wildman–Crippen MR) is 284 cm³/mol. The molecule has 0 aliphatic heterocycles. The monoisotopic (exact) mass is 921 g/mol. The fourth-order valence-corrected chi connectivity index (χ4v) is 7.72. The molecule has 0 rings (SSSR count). The molecular weight excluding hydrogens is 817 g/mol. The SMILES string of the molecule is CC/C=C\C/C=C\C/C=C\CCCCCCCCCC(=O)OC(COC(=O)CCCCCCC/C=C\CCCCC)COC(=O)CCCCCCCCCCC/C=C\C/C=C\CCCCC. The highest BCUT2D eigenvalue weighted by Crippen LogP contribution is 2.15. The Morgan fingerprint density at radius 1 is 0.318 bits per heavy atom. The largest absolute Gasteiger partial charge is 0.462 e. The summed E-state index contributed by atoms with van der Waals surface area (Å²) < 4.78 is 16.8. The van der Waals surface area contributed by atoms with Crippen LogP contribution in [0, 0.1) is 0 Å². The van der Waals surface area contributed by atoms with Crippen molar-refractivity contribution in [2.24, 2.45) is 0 Å². The average molecular weight is 921 g/mol. The smallest absolute Gasteiger partial charge is 0.306 e. The first-order chi connectivity index (χ1) is 32.5. The van der Waals surface area contributed by atoms with Gasteiger partial charge in [0.2, 0.25) is 0 Å². The lowest BCUT2D eigenvalue weighted by atomic mass is 10.1. The van der Waals surface area contributed by atoms with Gasteiger partial charge in [0.05, 0.1) is 0 Å². The Bertz CT molecular complexity index is 1240. The Balaban J connectivity index is 4.37. The van der Waals surface area contributed by atoms with E-state index in [1.807, 2.05) is 0 Å². The molecule has 380 valence electrons. The third kappa shape index (κ3) is 51.8. The Hall–Kier alpha value is -3.15. The number of carbonyl (C=O) groups is 3. The van der Waals surface area contributed by atoms with Crippen LogP contribution in [0.3, 0.4) is 0 Å². The lowest BCUT2D eigenvalue weighted by Gasteiger charge is -2.18. The summed E-state index contributed by atoms with van der Waals surface area (Å²) in [5, 5.41) is 0. The highest BCUT2D eigenvalue weighted by molar-refractivity contribution is 5.71. The molecule has 0 N–H and O–H groups in total. The van der Waals surface area contributed by atoms with E-state index in [1.54, 1.807) is 0 Å². The maximum absolute atomic E-state index is 12.8. The molecule has 0 aliphatic rings. The molecule has 0 aromatic heterocycles. The summed E-state index contributed by atoms with van der Waals surface area (Å²) in [6, 6.07) is 0. The van der Waals surface area contributed by atoms with Crippen LogP contribution in [0.4, 0.5) is 0 Å². The molecule has 0 saturated heterocycles. The number of carbonyl (C=O) groups excluding carboxylic acids is 3. The molecule has 0 radical (unpaired) electrons. The normalized spacial score (nSPS) is 12.6. The quantitative estimate of drug-likeness (QED) is 0.0262. The number of ether oxygens (including phenoxy) is 3. The summed E-state index contributed by atoms with van der Waals surface area (Å²) in [6.45, 7) is 6.47. The Morgan fingerprint density at radius 2 is 0.591 bits per heavy atom. The van der Waals surface area contributed by atoms with Crippen LogP contribution in [-0.2, 0) is 28.6 Å². The number of hydrogen-bond donors (Lipinski definition) is 0. The van der Waals surface area contributed by atoms with Crippen molar-refractivity contribution >= 4 is 17.9 Å². The number of hydrogen-bond acceptors (Lipinski definition) is 6. The molecule has 0 aromatic rings. The second-order valence-electron chi connectivity index (χ2n) is 18.5. The van der Waals surface area contributed by atoms with Crippen molar-refractivity contribution in [2.45, 2.75) is 277 Å². The fourth-order valence-electron chi connectivity index (χ4n) is 7.72. The zero-order valence-corrected chi connectivity index (χ0v) is 43.4. The van der Waals surface area contributed by atoms with E-state index < -0.39 is 6.10 Å². The first-order valence-corrected chi connectivity index (χ1v) is 27.9. The van der Waals surface area contributed by atoms with Gasteiger partial charge in [-0.15, -0.1) is 0 Å². The summed E-state index contributed by atoms with van der Waals surface area (Å²) >= 11 is 0. The molecule has 66 heavy (non-hydrogen) atoms. The van der Waals surface area contributed by atoms with Crippen molar-refractivity contribution in [3.8, 4) is 0 Å². The van der Waals surface area contributed by atoms with Gasteiger partial charge < -0.3 is 14.2 Å². The minimum Gasteiger partial charge on any atom is -0.462 e. The van der Waals surface area contributed by atoms with Crippen LogP contribution < -0.4 is 0 Å². The molecule has 0 aliphatic carbocycles. The summed E-state index contributed by atoms with van der Waals surface area (Å²) in [4.78, 5) is 38.1. The lowest BCUT2D eigenvalue weighted by Crippen LogP contribution is -2.30. The van der Waals surface area contributed by atoms with Gasteiger partial charge in [-0.3, -0.25) is 14.4 Å². The van der Waals surface area contributed by atoms with Gasteiger partial charge in [-0.2, -0.15) is 0 Å². The molecule has 1 unspecified atom stereocenters. The fraction of sp³-hybridized carbons (Fsp3) is 0.750. The standard InChI is InChI=1S/C60H104O6/c1-4-7-10-13-16-19-22-25-27-29-30-32-33-35-38-41-44-47-50-53-59(62)65-56-57(55-64-58(61)52-49-46-43-40-37-24-21-18-15-12-9-6-3)66-60(63)54-51-48-45-42-39-36-34-31-28-26-23-20-17-14-11-8-5-2/h8,11,16-21,25-28,57H,4-7,9-10,12-15,22-24,29-56H2,1-3H3/b11-8-,19-16-,20-17-,21-18-,27-25-,28-26-. The lowest BCUT2D eigenvalue weighted by molar-refractivity contribution is -0.167. The predicted octanol–water partition coefficient (Wildman–Crippen LogP) is 18.6. The molecule has 0 bridgehead atoms. The van der Waals surface area contributed by atoms with Crippen LogP contribution in [0.5, 0.6) is 0 Å². The van der Waals surface area contributed by atoms with E-state index in [0.717, 1.165) is 96.3 Å². The van der Waals surface area contributed by atoms with Crippen LogP contribution in [0.15, 0.2) is 72.9 Å². The maximum Gasteiger partial charge on any atom is 0.306 e. The van der Waals surface area contributed by atoms with Crippen LogP contribution in [0.2, 0.25) is 0 Å². The topological polar surface area (TPSA) is 78.9 Å². The molecule has 0 heterocycles. The summed E-state index contributed by atoms with van der Waals surface area (Å²) in [6.07, 6.45) is 68.8. The van der Waals surface area contributed by atoms with Crippen LogP contribution in [0.1, 0.15) is 271 Å². The van der Waals surface area contributed by atoms with E-state index >= 15 is 0 Å². The summed E-state index contributed by atoms with van der Waals surface area (Å²) in [7, 11) is 0. The van der Waals surface area contributed by atoms with E-state index in [9.17, 15) is 14.4 Å². The van der Waals surface area contributed by atoms with Crippen molar-refractivity contribution in [1.29, 1.82) is 0 Å². The molecule has 0 amide bonds. The summed E-state index contributed by atoms with van der Waals surface area (Å²) in [5.41, 5.74) is 0. The van der Waals surface area contributed by atoms with E-state index in [2.05, 4.69) is 93.7 Å². The first kappa shape index (κ1) is 62.8. The maximum atomic E-state index is 12.8.